The van der Waals surface area contributed by atoms with E-state index in [0.29, 0.717) is 39.9 Å². The summed E-state index contributed by atoms with van der Waals surface area (Å²) in [5.41, 5.74) is 1.82. The molecule has 0 aliphatic carbocycles. The molecule has 0 spiro atoms. The van der Waals surface area contributed by atoms with Crippen LogP contribution in [0.4, 0.5) is 11.4 Å². The van der Waals surface area contributed by atoms with Crippen molar-refractivity contribution in [2.45, 2.75) is 0 Å². The van der Waals surface area contributed by atoms with Crippen LogP contribution in [0.5, 0.6) is 23.0 Å². The van der Waals surface area contributed by atoms with E-state index in [2.05, 4.69) is 10.6 Å². The number of methoxy groups -OCH3 is 2. The number of carboxylic acids is 1. The quantitative estimate of drug-likeness (QED) is 0.174. The highest BCUT2D eigenvalue weighted by Gasteiger charge is 2.07. The number of benzene rings is 4. The molecule has 0 saturated heterocycles. The van der Waals surface area contributed by atoms with Gasteiger partial charge in [-0.05, 0) is 109 Å². The van der Waals surface area contributed by atoms with Crippen molar-refractivity contribution in [3.63, 3.8) is 0 Å². The Morgan fingerprint density at radius 3 is 1.23 bits per heavy atom. The van der Waals surface area contributed by atoms with E-state index in [1.54, 1.807) is 74.9 Å². The summed E-state index contributed by atoms with van der Waals surface area (Å²) >= 11 is 5.34. The number of anilines is 2. The van der Waals surface area contributed by atoms with Gasteiger partial charge in [-0.2, -0.15) is 0 Å². The number of ether oxygens (including phenoxy) is 4. The van der Waals surface area contributed by atoms with E-state index in [4.69, 9.17) is 35.7 Å². The molecule has 3 N–H and O–H groups in total. The topological polar surface area (TPSA) is 149 Å². The number of nitrogens with one attached hydrogen (secondary N) is 2. The van der Waals surface area contributed by atoms with Gasteiger partial charge in [0.2, 0.25) is 0 Å². The Bertz CT molecular complexity index is 1420. The van der Waals surface area contributed by atoms with E-state index in [1.165, 1.54) is 36.4 Å². The molecule has 0 aromatic heterocycles. The minimum Gasteiger partial charge on any atom is -0.497 e. The maximum absolute atomic E-state index is 11.8. The van der Waals surface area contributed by atoms with Crippen molar-refractivity contribution < 1.29 is 43.2 Å². The van der Waals surface area contributed by atoms with E-state index in [0.717, 1.165) is 0 Å². The first-order valence-electron chi connectivity index (χ1n) is 12.9. The minimum absolute atomic E-state index is 0.139. The number of carbonyl (C=O) groups excluding carboxylic acids is 3. The predicted molar refractivity (Wildman–Crippen MR) is 164 cm³/mol. The Hall–Kier alpha value is -5.55. The molecule has 0 atom stereocenters. The lowest BCUT2D eigenvalue weighted by molar-refractivity contribution is -0.118. The van der Waals surface area contributed by atoms with Crippen LogP contribution in [0, 0.1) is 0 Å². The standard InChI is InChI=1S/C16H14ClNO4.C16H15NO5/c1-21-13-8-4-12(5-9-13)18-15(19)10-22-14-6-2-11(3-7-14)16(17)20;1-21-13-8-4-12(5-9-13)17-15(18)10-22-14-6-2-11(3-7-14)16(19)20/h2-9H,10H2,1H3,(H,18,19);2-9H,10H2,1H3,(H,17,18)(H,19,20). The predicted octanol–water partition coefficient (Wildman–Crippen LogP) is 5.50. The highest BCUT2D eigenvalue weighted by molar-refractivity contribution is 6.67. The van der Waals surface area contributed by atoms with Gasteiger partial charge in [-0.3, -0.25) is 14.4 Å². The molecule has 0 radical (unpaired) electrons. The van der Waals surface area contributed by atoms with Gasteiger partial charge in [0.1, 0.15) is 23.0 Å². The molecule has 4 rings (SSSR count). The molecule has 4 aromatic rings. The highest BCUT2D eigenvalue weighted by atomic mass is 35.5. The molecular formula is C32H29ClN2O9. The monoisotopic (exact) mass is 620 g/mol. The fourth-order valence-corrected chi connectivity index (χ4v) is 3.54. The van der Waals surface area contributed by atoms with Crippen LogP contribution in [0.3, 0.4) is 0 Å². The number of aromatic carboxylic acids is 1. The zero-order chi connectivity index (χ0) is 31.9. The number of amides is 2. The van der Waals surface area contributed by atoms with Crippen LogP contribution in [0.15, 0.2) is 97.1 Å². The molecular weight excluding hydrogens is 592 g/mol. The Morgan fingerprint density at radius 1 is 0.568 bits per heavy atom. The summed E-state index contributed by atoms with van der Waals surface area (Å²) in [5.74, 6) is 0.705. The average Bonchev–Trinajstić information content (AvgIpc) is 3.04. The lowest BCUT2D eigenvalue weighted by Gasteiger charge is -2.08. The van der Waals surface area contributed by atoms with Crippen molar-refractivity contribution in [2.75, 3.05) is 38.1 Å². The van der Waals surface area contributed by atoms with Crippen LogP contribution >= 0.6 is 11.6 Å². The van der Waals surface area contributed by atoms with Crippen molar-refractivity contribution in [2.24, 2.45) is 0 Å². The third-order valence-electron chi connectivity index (χ3n) is 5.67. The van der Waals surface area contributed by atoms with Crippen LogP contribution in [0.25, 0.3) is 0 Å². The van der Waals surface area contributed by atoms with Crippen molar-refractivity contribution in [3.05, 3.63) is 108 Å². The van der Waals surface area contributed by atoms with E-state index in [-0.39, 0.29) is 30.6 Å². The van der Waals surface area contributed by atoms with Crippen molar-refractivity contribution in [1.29, 1.82) is 0 Å². The molecule has 0 bridgehead atoms. The van der Waals surface area contributed by atoms with Gasteiger partial charge in [0.15, 0.2) is 13.2 Å². The van der Waals surface area contributed by atoms with Gasteiger partial charge in [0, 0.05) is 16.9 Å². The highest BCUT2D eigenvalue weighted by Crippen LogP contribution is 2.17. The molecule has 0 saturated carbocycles. The molecule has 0 aliphatic rings. The third kappa shape index (κ3) is 11.0. The minimum atomic E-state index is -1.01. The summed E-state index contributed by atoms with van der Waals surface area (Å²) in [4.78, 5) is 45.2. The fourth-order valence-electron chi connectivity index (χ4n) is 3.42. The second-order valence-corrected chi connectivity index (χ2v) is 9.10. The average molecular weight is 621 g/mol. The summed E-state index contributed by atoms with van der Waals surface area (Å²) in [6, 6.07) is 25.9. The van der Waals surface area contributed by atoms with Crippen LogP contribution in [0.1, 0.15) is 20.7 Å². The van der Waals surface area contributed by atoms with E-state index >= 15 is 0 Å². The number of carboxylic acid groups (broad SMARTS) is 1. The van der Waals surface area contributed by atoms with Gasteiger partial charge in [0.25, 0.3) is 17.1 Å². The number of halogens is 1. The number of rotatable bonds is 12. The van der Waals surface area contributed by atoms with Crippen LogP contribution in [-0.4, -0.2) is 55.6 Å². The first-order chi connectivity index (χ1) is 21.2. The van der Waals surface area contributed by atoms with E-state index < -0.39 is 11.2 Å². The molecule has 228 valence electrons. The van der Waals surface area contributed by atoms with Gasteiger partial charge < -0.3 is 34.7 Å². The maximum atomic E-state index is 11.8. The molecule has 12 heteroatoms. The van der Waals surface area contributed by atoms with Crippen molar-refractivity contribution >= 4 is 46.0 Å². The first kappa shape index (κ1) is 33.0. The van der Waals surface area contributed by atoms with Gasteiger partial charge in [-0.15, -0.1) is 0 Å². The zero-order valence-corrected chi connectivity index (χ0v) is 24.5. The summed E-state index contributed by atoms with van der Waals surface area (Å²) < 4.78 is 20.7. The van der Waals surface area contributed by atoms with Gasteiger partial charge >= 0.3 is 5.97 Å². The largest absolute Gasteiger partial charge is 0.497 e. The Morgan fingerprint density at radius 2 is 0.909 bits per heavy atom. The van der Waals surface area contributed by atoms with Gasteiger partial charge in [-0.25, -0.2) is 4.79 Å². The lowest BCUT2D eigenvalue weighted by Crippen LogP contribution is -2.20. The van der Waals surface area contributed by atoms with Crippen molar-refractivity contribution in [1.82, 2.24) is 0 Å². The summed E-state index contributed by atoms with van der Waals surface area (Å²) in [7, 11) is 3.14. The van der Waals surface area contributed by atoms with Crippen molar-refractivity contribution in [3.8, 4) is 23.0 Å². The second-order valence-electron chi connectivity index (χ2n) is 8.76. The Kier molecular flexibility index (Phi) is 12.6. The lowest BCUT2D eigenvalue weighted by atomic mass is 10.2. The van der Waals surface area contributed by atoms with Gasteiger partial charge in [0.05, 0.1) is 19.8 Å². The summed E-state index contributed by atoms with van der Waals surface area (Å²) in [6.07, 6.45) is 0. The maximum Gasteiger partial charge on any atom is 0.335 e. The molecule has 2 amide bonds. The smallest absolute Gasteiger partial charge is 0.335 e. The van der Waals surface area contributed by atoms with Gasteiger partial charge in [-0.1, -0.05) is 0 Å². The molecule has 11 nitrogen and oxygen atoms in total. The molecule has 4 aromatic carbocycles. The molecule has 0 unspecified atom stereocenters. The second kappa shape index (κ2) is 16.8. The van der Waals surface area contributed by atoms with Crippen LogP contribution in [0.2, 0.25) is 0 Å². The molecule has 0 aliphatic heterocycles. The normalized spacial score (nSPS) is 9.89. The Balaban J connectivity index is 0.000000240. The molecule has 44 heavy (non-hydrogen) atoms. The Labute approximate surface area is 258 Å². The third-order valence-corrected chi connectivity index (χ3v) is 5.89. The first-order valence-corrected chi connectivity index (χ1v) is 13.3. The number of hydrogen-bond acceptors (Lipinski definition) is 8. The molecule has 0 heterocycles. The molecule has 0 fully saturated rings. The summed E-state index contributed by atoms with van der Waals surface area (Å²) in [6.45, 7) is -0.307. The van der Waals surface area contributed by atoms with E-state index in [9.17, 15) is 19.2 Å². The fraction of sp³-hybridized carbons (Fsp3) is 0.125. The zero-order valence-electron chi connectivity index (χ0n) is 23.7. The SMILES string of the molecule is COc1ccc(NC(=O)COc2ccc(C(=O)Cl)cc2)cc1.COc1ccc(NC(=O)COc2ccc(C(=O)O)cc2)cc1. The van der Waals surface area contributed by atoms with E-state index in [1.807, 2.05) is 0 Å². The summed E-state index contributed by atoms with van der Waals surface area (Å²) in [5, 5.41) is 13.6. The van der Waals surface area contributed by atoms with Crippen LogP contribution in [-0.2, 0) is 9.59 Å². The van der Waals surface area contributed by atoms with Crippen LogP contribution < -0.4 is 29.6 Å². The number of carbonyl (C=O) groups is 4. The number of hydrogen-bond donors (Lipinski definition) is 3.